The number of hydrogen-bond acceptors (Lipinski definition) is 3. The van der Waals surface area contributed by atoms with Gasteiger partial charge in [-0.3, -0.25) is 4.79 Å². The molecule has 0 aliphatic rings. The molecular formula is C12H15ClO4. The normalized spacial score (nSPS) is 12.1. The number of carboxylic acids is 1. The molecule has 1 aromatic rings. The van der Waals surface area contributed by atoms with E-state index in [0.29, 0.717) is 27.6 Å². The summed E-state index contributed by atoms with van der Waals surface area (Å²) in [5, 5.41) is 9.41. The Morgan fingerprint density at radius 3 is 2.41 bits per heavy atom. The van der Waals surface area contributed by atoms with Crippen LogP contribution in [0.4, 0.5) is 0 Å². The molecule has 0 spiro atoms. The molecule has 5 heteroatoms. The van der Waals surface area contributed by atoms with Crippen LogP contribution in [0, 0.1) is 6.92 Å². The first kappa shape index (κ1) is 13.6. The fraction of sp³-hybridized carbons (Fsp3) is 0.417. The molecule has 4 nitrogen and oxygen atoms in total. The average molecular weight is 259 g/mol. The fourth-order valence-corrected chi connectivity index (χ4v) is 1.92. The zero-order valence-corrected chi connectivity index (χ0v) is 11.0. The van der Waals surface area contributed by atoms with Crippen molar-refractivity contribution in [1.29, 1.82) is 0 Å². The van der Waals surface area contributed by atoms with Crippen molar-refractivity contribution in [1.82, 2.24) is 0 Å². The second-order valence-electron chi connectivity index (χ2n) is 3.70. The van der Waals surface area contributed by atoms with Gasteiger partial charge in [0, 0.05) is 0 Å². The monoisotopic (exact) mass is 258 g/mol. The molecule has 0 amide bonds. The van der Waals surface area contributed by atoms with E-state index in [1.807, 2.05) is 0 Å². The molecule has 0 saturated carbocycles. The van der Waals surface area contributed by atoms with Crippen LogP contribution in [0.5, 0.6) is 11.5 Å². The van der Waals surface area contributed by atoms with Crippen LogP contribution >= 0.6 is 11.6 Å². The minimum absolute atomic E-state index is 0.384. The van der Waals surface area contributed by atoms with E-state index < -0.39 is 11.9 Å². The third-order valence-corrected chi connectivity index (χ3v) is 3.19. The molecule has 0 bridgehead atoms. The molecule has 0 aromatic heterocycles. The molecule has 1 N–H and O–H groups in total. The Morgan fingerprint density at radius 2 is 2.00 bits per heavy atom. The highest BCUT2D eigenvalue weighted by Gasteiger charge is 2.22. The topological polar surface area (TPSA) is 55.8 Å². The Balaban J connectivity index is 3.44. The molecule has 94 valence electrons. The van der Waals surface area contributed by atoms with Gasteiger partial charge in [-0.05, 0) is 31.0 Å². The highest BCUT2D eigenvalue weighted by molar-refractivity contribution is 6.33. The van der Waals surface area contributed by atoms with Gasteiger partial charge in [0.2, 0.25) is 0 Å². The molecule has 0 aliphatic heterocycles. The molecule has 1 rings (SSSR count). The van der Waals surface area contributed by atoms with Gasteiger partial charge in [0.1, 0.15) is 0 Å². The molecule has 1 aromatic carbocycles. The van der Waals surface area contributed by atoms with Crippen LogP contribution in [0.3, 0.4) is 0 Å². The number of hydrogen-bond donors (Lipinski definition) is 1. The maximum atomic E-state index is 11.0. The highest BCUT2D eigenvalue weighted by Crippen LogP contribution is 2.41. The summed E-state index contributed by atoms with van der Waals surface area (Å²) in [6.07, 6.45) is 0. The number of carboxylic acid groups (broad SMARTS) is 1. The van der Waals surface area contributed by atoms with E-state index in [0.717, 1.165) is 0 Å². The first-order valence-electron chi connectivity index (χ1n) is 5.07. The molecule has 0 radical (unpaired) electrons. The lowest BCUT2D eigenvalue weighted by Crippen LogP contribution is -2.10. The van der Waals surface area contributed by atoms with Crippen molar-refractivity contribution in [2.45, 2.75) is 19.8 Å². The molecule has 0 saturated heterocycles. The predicted octanol–water partition coefficient (Wildman–Crippen LogP) is 2.85. The van der Waals surface area contributed by atoms with E-state index >= 15 is 0 Å². The third kappa shape index (κ3) is 2.47. The Morgan fingerprint density at radius 1 is 1.41 bits per heavy atom. The number of benzene rings is 1. The van der Waals surface area contributed by atoms with Gasteiger partial charge in [-0.2, -0.15) is 0 Å². The first-order chi connectivity index (χ1) is 7.93. The predicted molar refractivity (Wildman–Crippen MR) is 65.3 cm³/mol. The number of carbonyl (C=O) groups is 1. The summed E-state index contributed by atoms with van der Waals surface area (Å²) in [7, 11) is 2.97. The zero-order chi connectivity index (χ0) is 13.2. The Kier molecular flexibility index (Phi) is 4.23. The summed E-state index contributed by atoms with van der Waals surface area (Å²) >= 11 is 6.13. The minimum atomic E-state index is -0.906. The number of aliphatic carboxylic acids is 1. The minimum Gasteiger partial charge on any atom is -0.493 e. The smallest absolute Gasteiger partial charge is 0.310 e. The van der Waals surface area contributed by atoms with Crippen molar-refractivity contribution in [2.75, 3.05) is 14.2 Å². The van der Waals surface area contributed by atoms with E-state index in [1.54, 1.807) is 19.9 Å². The molecule has 1 unspecified atom stereocenters. The van der Waals surface area contributed by atoms with Crippen molar-refractivity contribution < 1.29 is 19.4 Å². The van der Waals surface area contributed by atoms with Gasteiger partial charge in [0.05, 0.1) is 25.2 Å². The van der Waals surface area contributed by atoms with Crippen LogP contribution in [0.1, 0.15) is 24.0 Å². The van der Waals surface area contributed by atoms with Crippen LogP contribution in [0.15, 0.2) is 6.07 Å². The molecule has 0 aliphatic carbocycles. The average Bonchev–Trinajstić information content (AvgIpc) is 2.31. The van der Waals surface area contributed by atoms with Gasteiger partial charge in [0.25, 0.3) is 0 Å². The van der Waals surface area contributed by atoms with Crippen molar-refractivity contribution >= 4 is 17.6 Å². The largest absolute Gasteiger partial charge is 0.493 e. The molecule has 1 atom stereocenters. The lowest BCUT2D eigenvalue weighted by atomic mass is 9.96. The van der Waals surface area contributed by atoms with Crippen LogP contribution in [0.2, 0.25) is 5.02 Å². The number of methoxy groups -OCH3 is 2. The molecule has 17 heavy (non-hydrogen) atoms. The van der Waals surface area contributed by atoms with Gasteiger partial charge in [0.15, 0.2) is 11.5 Å². The molecule has 0 heterocycles. The van der Waals surface area contributed by atoms with E-state index in [2.05, 4.69) is 0 Å². The summed E-state index contributed by atoms with van der Waals surface area (Å²) in [4.78, 5) is 11.0. The Hall–Kier alpha value is -1.42. The van der Waals surface area contributed by atoms with Gasteiger partial charge in [-0.1, -0.05) is 11.6 Å². The van der Waals surface area contributed by atoms with Crippen molar-refractivity contribution in [2.24, 2.45) is 0 Å². The first-order valence-corrected chi connectivity index (χ1v) is 5.45. The number of halogens is 1. The van der Waals surface area contributed by atoms with Gasteiger partial charge < -0.3 is 14.6 Å². The number of ether oxygens (including phenoxy) is 2. The second-order valence-corrected chi connectivity index (χ2v) is 4.08. The highest BCUT2D eigenvalue weighted by atomic mass is 35.5. The summed E-state index contributed by atoms with van der Waals surface area (Å²) in [5.41, 5.74) is 1.32. The standard InChI is InChI=1S/C12H15ClO4/c1-6-8(7(2)12(14)15)5-9(16-3)11(17-4)10(6)13/h5,7H,1-4H3,(H,14,15). The lowest BCUT2D eigenvalue weighted by molar-refractivity contribution is -0.138. The van der Waals surface area contributed by atoms with E-state index in [-0.39, 0.29) is 0 Å². The lowest BCUT2D eigenvalue weighted by Gasteiger charge is -2.17. The summed E-state index contributed by atoms with van der Waals surface area (Å²) < 4.78 is 10.3. The fourth-order valence-electron chi connectivity index (χ4n) is 1.64. The van der Waals surface area contributed by atoms with Crippen LogP contribution in [0.25, 0.3) is 0 Å². The maximum absolute atomic E-state index is 11.0. The van der Waals surface area contributed by atoms with Crippen LogP contribution < -0.4 is 9.47 Å². The summed E-state index contributed by atoms with van der Waals surface area (Å²) in [5.74, 6) is -0.692. The number of rotatable bonds is 4. The van der Waals surface area contributed by atoms with Crippen LogP contribution in [-0.2, 0) is 4.79 Å². The maximum Gasteiger partial charge on any atom is 0.310 e. The van der Waals surface area contributed by atoms with Gasteiger partial charge in [-0.25, -0.2) is 0 Å². The Labute approximate surface area is 105 Å². The van der Waals surface area contributed by atoms with Crippen molar-refractivity contribution in [3.05, 3.63) is 22.2 Å². The second kappa shape index (κ2) is 5.27. The molecular weight excluding hydrogens is 244 g/mol. The van der Waals surface area contributed by atoms with Crippen molar-refractivity contribution in [3.63, 3.8) is 0 Å². The Bertz CT molecular complexity index is 443. The van der Waals surface area contributed by atoms with E-state index in [1.165, 1.54) is 14.2 Å². The summed E-state index contributed by atoms with van der Waals surface area (Å²) in [6, 6.07) is 1.65. The SMILES string of the molecule is COc1cc(C(C)C(=O)O)c(C)c(Cl)c1OC. The quantitative estimate of drug-likeness (QED) is 0.902. The summed E-state index contributed by atoms with van der Waals surface area (Å²) in [6.45, 7) is 3.37. The van der Waals surface area contributed by atoms with E-state index in [9.17, 15) is 4.79 Å². The van der Waals surface area contributed by atoms with Gasteiger partial charge >= 0.3 is 5.97 Å². The van der Waals surface area contributed by atoms with E-state index in [4.69, 9.17) is 26.2 Å². The molecule has 0 fully saturated rings. The van der Waals surface area contributed by atoms with Gasteiger partial charge in [-0.15, -0.1) is 0 Å². The van der Waals surface area contributed by atoms with Crippen LogP contribution in [-0.4, -0.2) is 25.3 Å². The van der Waals surface area contributed by atoms with Crippen molar-refractivity contribution in [3.8, 4) is 11.5 Å². The zero-order valence-electron chi connectivity index (χ0n) is 10.2. The third-order valence-electron chi connectivity index (χ3n) is 2.73.